The van der Waals surface area contributed by atoms with Gasteiger partial charge in [0.15, 0.2) is 0 Å². The lowest BCUT2D eigenvalue weighted by molar-refractivity contribution is 0.0765. The largest absolute Gasteiger partial charge is 0.487 e. The Kier molecular flexibility index (Phi) is 11.7. The van der Waals surface area contributed by atoms with E-state index in [1.165, 1.54) is 12.1 Å². The molecule has 1 aliphatic rings. The fourth-order valence-electron chi connectivity index (χ4n) is 4.71. The molecule has 3 aromatic rings. The van der Waals surface area contributed by atoms with Crippen LogP contribution in [0.5, 0.6) is 5.75 Å². The van der Waals surface area contributed by atoms with Gasteiger partial charge in [0, 0.05) is 31.3 Å². The third kappa shape index (κ3) is 8.52. The van der Waals surface area contributed by atoms with Crippen LogP contribution in [0.15, 0.2) is 89.8 Å². The van der Waals surface area contributed by atoms with E-state index in [4.69, 9.17) is 21.1 Å². The Balaban J connectivity index is 1.60. The first kappa shape index (κ1) is 31.9. The number of para-hydroxylation sites is 1. The smallest absolute Gasteiger partial charge is 0.255 e. The highest BCUT2D eigenvalue weighted by Crippen LogP contribution is 2.24. The van der Waals surface area contributed by atoms with Crippen molar-refractivity contribution in [1.82, 2.24) is 9.62 Å². The number of amides is 1. The highest BCUT2D eigenvalue weighted by Gasteiger charge is 2.33. The summed E-state index contributed by atoms with van der Waals surface area (Å²) < 4.78 is 53.4. The van der Waals surface area contributed by atoms with Crippen LogP contribution in [-0.2, 0) is 21.2 Å². The maximum Gasteiger partial charge on any atom is 0.255 e. The molecule has 1 heterocycles. The second kappa shape index (κ2) is 15.5. The van der Waals surface area contributed by atoms with Crippen molar-refractivity contribution in [2.75, 3.05) is 38.9 Å². The molecule has 42 heavy (non-hydrogen) atoms. The fourth-order valence-corrected chi connectivity index (χ4v) is 6.45. The van der Waals surface area contributed by atoms with Gasteiger partial charge in [-0.3, -0.25) is 9.18 Å². The molecule has 0 spiro atoms. The highest BCUT2D eigenvalue weighted by molar-refractivity contribution is 7.89. The van der Waals surface area contributed by atoms with E-state index in [0.29, 0.717) is 25.4 Å². The number of hydrogen-bond donors (Lipinski definition) is 2. The first-order chi connectivity index (χ1) is 20.3. The van der Waals surface area contributed by atoms with Crippen molar-refractivity contribution in [3.8, 4) is 5.75 Å². The molecule has 8 nitrogen and oxygen atoms in total. The number of carbonyl (C=O) groups is 1. The maximum absolute atomic E-state index is 13.7. The van der Waals surface area contributed by atoms with Gasteiger partial charge in [-0.05, 0) is 36.2 Å². The maximum atomic E-state index is 13.7. The van der Waals surface area contributed by atoms with Crippen molar-refractivity contribution in [2.24, 2.45) is 5.92 Å². The van der Waals surface area contributed by atoms with Crippen LogP contribution in [0.25, 0.3) is 0 Å². The third-order valence-electron chi connectivity index (χ3n) is 7.06. The van der Waals surface area contributed by atoms with E-state index in [0.717, 1.165) is 9.87 Å². The summed E-state index contributed by atoms with van der Waals surface area (Å²) in [5, 5.41) is 14.4. The Morgan fingerprint density at radius 1 is 1.05 bits per heavy atom. The number of ether oxygens (including phenoxy) is 2. The number of aliphatic hydroxyl groups is 1. The summed E-state index contributed by atoms with van der Waals surface area (Å²) in [6, 6.07) is 22.9. The molecule has 1 fully saturated rings. The Morgan fingerprint density at radius 2 is 1.71 bits per heavy atom. The number of benzene rings is 3. The number of nitrogens with one attached hydrogen (secondary N) is 1. The number of sulfonamides is 1. The van der Waals surface area contributed by atoms with Crippen LogP contribution in [0.4, 0.5) is 4.39 Å². The molecule has 0 aliphatic carbocycles. The van der Waals surface area contributed by atoms with Crippen molar-refractivity contribution >= 4 is 27.5 Å². The second-order valence-electron chi connectivity index (χ2n) is 10.2. The van der Waals surface area contributed by atoms with Gasteiger partial charge >= 0.3 is 0 Å². The van der Waals surface area contributed by atoms with Gasteiger partial charge in [0.25, 0.3) is 5.91 Å². The van der Waals surface area contributed by atoms with Gasteiger partial charge in [-0.25, -0.2) is 8.42 Å². The molecular formula is C31H36ClFN2O6S. The van der Waals surface area contributed by atoms with Gasteiger partial charge in [0.1, 0.15) is 11.9 Å². The molecule has 4 atom stereocenters. The van der Waals surface area contributed by atoms with Crippen molar-refractivity contribution < 1.29 is 32.2 Å². The van der Waals surface area contributed by atoms with Crippen LogP contribution in [0.1, 0.15) is 22.3 Å². The molecule has 0 aromatic heterocycles. The second-order valence-corrected chi connectivity index (χ2v) is 12.5. The molecular weight excluding hydrogens is 583 g/mol. The quantitative estimate of drug-likeness (QED) is 0.249. The summed E-state index contributed by atoms with van der Waals surface area (Å²) in [7, 11) is -4.12. The number of aliphatic hydroxyl groups excluding tert-OH is 1. The van der Waals surface area contributed by atoms with Gasteiger partial charge < -0.3 is 19.9 Å². The van der Waals surface area contributed by atoms with Crippen molar-refractivity contribution in [3.63, 3.8) is 0 Å². The van der Waals surface area contributed by atoms with Crippen LogP contribution in [0.2, 0.25) is 0 Å². The SMILES string of the molecule is O=C(N[C@@H](Cc1ccccc1)[C@H](O)CN(CC(CF)CCl)S(=O)(=O)c1ccccc1)c1ccccc1O[C@H]1CCOC1. The average Bonchev–Trinajstić information content (AvgIpc) is 3.53. The summed E-state index contributed by atoms with van der Waals surface area (Å²) in [6.07, 6.45) is -0.598. The monoisotopic (exact) mass is 618 g/mol. The minimum Gasteiger partial charge on any atom is -0.487 e. The van der Waals surface area contributed by atoms with Crippen molar-refractivity contribution in [2.45, 2.75) is 36.0 Å². The van der Waals surface area contributed by atoms with Crippen LogP contribution in [0.3, 0.4) is 0 Å². The molecule has 1 unspecified atom stereocenters. The lowest BCUT2D eigenvalue weighted by Crippen LogP contribution is -2.51. The van der Waals surface area contributed by atoms with E-state index in [2.05, 4.69) is 5.32 Å². The van der Waals surface area contributed by atoms with E-state index < -0.39 is 40.7 Å². The van der Waals surface area contributed by atoms with Crippen molar-refractivity contribution in [3.05, 3.63) is 96.1 Å². The molecule has 0 radical (unpaired) electrons. The summed E-state index contributed by atoms with van der Waals surface area (Å²) in [6.45, 7) is -0.438. The molecule has 226 valence electrons. The van der Waals surface area contributed by atoms with E-state index >= 15 is 0 Å². The number of nitrogens with zero attached hydrogens (tertiary/aromatic N) is 1. The molecule has 2 N–H and O–H groups in total. The van der Waals surface area contributed by atoms with Crippen LogP contribution in [-0.4, -0.2) is 80.8 Å². The normalized spacial score (nSPS) is 17.5. The first-order valence-corrected chi connectivity index (χ1v) is 15.8. The van der Waals surface area contributed by atoms with Crippen molar-refractivity contribution in [1.29, 1.82) is 0 Å². The zero-order valence-corrected chi connectivity index (χ0v) is 24.7. The van der Waals surface area contributed by atoms with E-state index in [9.17, 15) is 22.7 Å². The number of carbonyl (C=O) groups excluding carboxylic acids is 1. The van der Waals surface area contributed by atoms with Gasteiger partial charge in [0.05, 0.1) is 42.5 Å². The summed E-state index contributed by atoms with van der Waals surface area (Å²) in [4.78, 5) is 13.6. The number of rotatable bonds is 15. The Morgan fingerprint density at radius 3 is 2.36 bits per heavy atom. The summed E-state index contributed by atoms with van der Waals surface area (Å²) in [5.41, 5.74) is 1.11. The number of hydrogen-bond acceptors (Lipinski definition) is 6. The topological polar surface area (TPSA) is 105 Å². The number of halogens is 2. The zero-order chi connectivity index (χ0) is 30.0. The van der Waals surface area contributed by atoms with Gasteiger partial charge in [-0.2, -0.15) is 4.31 Å². The molecule has 0 bridgehead atoms. The zero-order valence-electron chi connectivity index (χ0n) is 23.1. The third-order valence-corrected chi connectivity index (χ3v) is 9.34. The van der Waals surface area contributed by atoms with Crippen LogP contribution < -0.4 is 10.1 Å². The van der Waals surface area contributed by atoms with Gasteiger partial charge in [-0.1, -0.05) is 60.7 Å². The molecule has 11 heteroatoms. The fraction of sp³-hybridized carbons (Fsp3) is 0.387. The van der Waals surface area contributed by atoms with E-state index in [-0.39, 0.29) is 42.0 Å². The molecule has 1 aliphatic heterocycles. The molecule has 4 rings (SSSR count). The van der Waals surface area contributed by atoms with Gasteiger partial charge in [0.2, 0.25) is 10.0 Å². The minimum absolute atomic E-state index is 0.00925. The number of alkyl halides is 2. The summed E-state index contributed by atoms with van der Waals surface area (Å²) in [5.74, 6) is -0.965. The van der Waals surface area contributed by atoms with Gasteiger partial charge in [-0.15, -0.1) is 11.6 Å². The Labute approximate surface area is 251 Å². The molecule has 1 amide bonds. The van der Waals surface area contributed by atoms with E-state index in [1.807, 2.05) is 30.3 Å². The Hall–Kier alpha value is -3.02. The summed E-state index contributed by atoms with van der Waals surface area (Å²) >= 11 is 5.93. The lowest BCUT2D eigenvalue weighted by atomic mass is 10.00. The van der Waals surface area contributed by atoms with Crippen LogP contribution in [0, 0.1) is 5.92 Å². The highest BCUT2D eigenvalue weighted by atomic mass is 35.5. The standard InChI is InChI=1S/C31H36ClFN2O6S/c32-18-24(19-33)20-35(42(38,39)26-11-5-2-6-12-26)21-29(36)28(17-23-9-3-1-4-10-23)34-31(37)27-13-7-8-14-30(27)41-25-15-16-40-22-25/h1-14,24-25,28-29,36H,15-22H2,(H,34,37)/t24?,25-,28-,29+/m0/s1. The Bertz CT molecular complexity index is 1370. The first-order valence-electron chi connectivity index (χ1n) is 13.8. The average molecular weight is 619 g/mol. The predicted octanol–water partition coefficient (Wildman–Crippen LogP) is 4.07. The predicted molar refractivity (Wildman–Crippen MR) is 159 cm³/mol. The molecule has 3 aromatic carbocycles. The lowest BCUT2D eigenvalue weighted by Gasteiger charge is -2.31. The minimum atomic E-state index is -4.12. The molecule has 0 saturated carbocycles. The van der Waals surface area contributed by atoms with E-state index in [1.54, 1.807) is 42.5 Å². The molecule has 1 saturated heterocycles. The van der Waals surface area contributed by atoms with Crippen LogP contribution >= 0.6 is 11.6 Å².